The average molecular weight is 353 g/mol. The second kappa shape index (κ2) is 8.23. The standard InChI is InChI=1S/C21H27N3O2/c1-14-4-5-17(20(11-14)26-19-6-7-25-13-19)12-23-21(22)24-18-9-15(2)8-16(3)10-18/h4-5,8-11,19H,6-7,12-13H2,1-3H3,(H3,22,23,24). The number of aryl methyl sites for hydroxylation is 3. The molecular weight excluding hydrogens is 326 g/mol. The van der Waals surface area contributed by atoms with Crippen molar-refractivity contribution in [2.24, 2.45) is 10.7 Å². The van der Waals surface area contributed by atoms with E-state index >= 15 is 0 Å². The van der Waals surface area contributed by atoms with Crippen LogP contribution in [-0.4, -0.2) is 25.3 Å². The number of rotatable bonds is 5. The van der Waals surface area contributed by atoms with Crippen molar-refractivity contribution in [1.82, 2.24) is 0 Å². The molecule has 0 spiro atoms. The monoisotopic (exact) mass is 353 g/mol. The highest BCUT2D eigenvalue weighted by Gasteiger charge is 2.18. The topological polar surface area (TPSA) is 68.9 Å². The highest BCUT2D eigenvalue weighted by molar-refractivity contribution is 5.92. The molecule has 0 aromatic heterocycles. The van der Waals surface area contributed by atoms with Gasteiger partial charge in [-0.3, -0.25) is 0 Å². The lowest BCUT2D eigenvalue weighted by Gasteiger charge is -2.16. The van der Waals surface area contributed by atoms with Crippen molar-refractivity contribution in [2.45, 2.75) is 39.8 Å². The van der Waals surface area contributed by atoms with Gasteiger partial charge in [-0.1, -0.05) is 18.2 Å². The molecule has 2 aromatic carbocycles. The Morgan fingerprint density at radius 3 is 2.62 bits per heavy atom. The molecule has 26 heavy (non-hydrogen) atoms. The molecule has 1 heterocycles. The zero-order valence-electron chi connectivity index (χ0n) is 15.7. The van der Waals surface area contributed by atoms with E-state index in [0.29, 0.717) is 19.1 Å². The Hall–Kier alpha value is -2.53. The van der Waals surface area contributed by atoms with Crippen LogP contribution in [-0.2, 0) is 11.3 Å². The van der Waals surface area contributed by atoms with Crippen LogP contribution in [0.4, 0.5) is 5.69 Å². The van der Waals surface area contributed by atoms with Crippen LogP contribution < -0.4 is 15.8 Å². The third-order valence-electron chi connectivity index (χ3n) is 4.32. The number of nitrogens with zero attached hydrogens (tertiary/aromatic N) is 1. The van der Waals surface area contributed by atoms with Crippen molar-refractivity contribution in [3.63, 3.8) is 0 Å². The van der Waals surface area contributed by atoms with E-state index in [2.05, 4.69) is 61.4 Å². The molecule has 1 unspecified atom stereocenters. The van der Waals surface area contributed by atoms with Crippen LogP contribution in [0.5, 0.6) is 5.75 Å². The predicted octanol–water partition coefficient (Wildman–Crippen LogP) is 3.71. The lowest BCUT2D eigenvalue weighted by atomic mass is 10.1. The first-order valence-electron chi connectivity index (χ1n) is 8.99. The molecule has 0 bridgehead atoms. The third-order valence-corrected chi connectivity index (χ3v) is 4.32. The van der Waals surface area contributed by atoms with Gasteiger partial charge in [0.15, 0.2) is 5.96 Å². The highest BCUT2D eigenvalue weighted by Crippen LogP contribution is 2.24. The number of guanidine groups is 1. The van der Waals surface area contributed by atoms with Crippen LogP contribution in [0, 0.1) is 20.8 Å². The van der Waals surface area contributed by atoms with Gasteiger partial charge in [0, 0.05) is 17.7 Å². The SMILES string of the molecule is Cc1cc(C)cc(NC(N)=NCc2ccc(C)cc2OC2CCOC2)c1. The van der Waals surface area contributed by atoms with Gasteiger partial charge in [0.1, 0.15) is 11.9 Å². The number of nitrogens with two attached hydrogens (primary N) is 1. The molecular formula is C21H27N3O2. The number of benzene rings is 2. The number of anilines is 1. The number of ether oxygens (including phenoxy) is 2. The van der Waals surface area contributed by atoms with Crippen LogP contribution in [0.3, 0.4) is 0 Å². The summed E-state index contributed by atoms with van der Waals surface area (Å²) in [5.41, 5.74) is 11.6. The summed E-state index contributed by atoms with van der Waals surface area (Å²) in [4.78, 5) is 4.49. The van der Waals surface area contributed by atoms with Crippen molar-refractivity contribution in [2.75, 3.05) is 18.5 Å². The van der Waals surface area contributed by atoms with E-state index in [-0.39, 0.29) is 6.10 Å². The molecule has 1 atom stereocenters. The minimum Gasteiger partial charge on any atom is -0.488 e. The molecule has 5 heteroatoms. The average Bonchev–Trinajstić information content (AvgIpc) is 3.06. The van der Waals surface area contributed by atoms with Gasteiger partial charge >= 0.3 is 0 Å². The molecule has 0 amide bonds. The first kappa shape index (κ1) is 18.3. The fourth-order valence-electron chi connectivity index (χ4n) is 3.09. The summed E-state index contributed by atoms with van der Waals surface area (Å²) in [6, 6.07) is 12.4. The van der Waals surface area contributed by atoms with E-state index in [1.54, 1.807) is 0 Å². The first-order chi connectivity index (χ1) is 12.5. The van der Waals surface area contributed by atoms with E-state index in [9.17, 15) is 0 Å². The van der Waals surface area contributed by atoms with Gasteiger partial charge in [-0.2, -0.15) is 0 Å². The zero-order chi connectivity index (χ0) is 18.5. The van der Waals surface area contributed by atoms with Gasteiger partial charge in [-0.25, -0.2) is 4.99 Å². The Balaban J connectivity index is 1.70. The van der Waals surface area contributed by atoms with Crippen LogP contribution in [0.1, 0.15) is 28.7 Å². The Morgan fingerprint density at radius 2 is 1.92 bits per heavy atom. The molecule has 0 saturated carbocycles. The normalized spacial score (nSPS) is 17.3. The van der Waals surface area contributed by atoms with Crippen molar-refractivity contribution < 1.29 is 9.47 Å². The van der Waals surface area contributed by atoms with Gasteiger partial charge in [0.25, 0.3) is 0 Å². The second-order valence-corrected chi connectivity index (χ2v) is 6.92. The summed E-state index contributed by atoms with van der Waals surface area (Å²) in [5.74, 6) is 1.26. The van der Waals surface area contributed by atoms with E-state index in [1.807, 2.05) is 6.07 Å². The minimum atomic E-state index is 0.116. The van der Waals surface area contributed by atoms with E-state index in [4.69, 9.17) is 15.2 Å². The maximum atomic E-state index is 6.11. The molecule has 3 N–H and O–H groups in total. The minimum absolute atomic E-state index is 0.116. The summed E-state index contributed by atoms with van der Waals surface area (Å²) >= 11 is 0. The molecule has 1 aliphatic rings. The van der Waals surface area contributed by atoms with Crippen molar-refractivity contribution in [3.8, 4) is 5.75 Å². The molecule has 1 fully saturated rings. The summed E-state index contributed by atoms with van der Waals surface area (Å²) in [6.45, 7) is 8.06. The highest BCUT2D eigenvalue weighted by atomic mass is 16.5. The number of hydrogen-bond acceptors (Lipinski definition) is 3. The third kappa shape index (κ3) is 4.99. The molecule has 5 nitrogen and oxygen atoms in total. The van der Waals surface area contributed by atoms with E-state index < -0.39 is 0 Å². The Kier molecular flexibility index (Phi) is 5.78. The summed E-state index contributed by atoms with van der Waals surface area (Å²) in [6.07, 6.45) is 1.04. The van der Waals surface area contributed by atoms with Gasteiger partial charge in [0.05, 0.1) is 19.8 Å². The first-order valence-corrected chi connectivity index (χ1v) is 8.99. The maximum Gasteiger partial charge on any atom is 0.193 e. The molecule has 0 radical (unpaired) electrons. The van der Waals surface area contributed by atoms with Gasteiger partial charge in [0.2, 0.25) is 0 Å². The molecule has 1 saturated heterocycles. The summed E-state index contributed by atoms with van der Waals surface area (Å²) < 4.78 is 11.5. The smallest absolute Gasteiger partial charge is 0.193 e. The van der Waals surface area contributed by atoms with Crippen molar-refractivity contribution in [3.05, 3.63) is 58.7 Å². The molecule has 3 rings (SSSR count). The van der Waals surface area contributed by atoms with Crippen LogP contribution in [0.15, 0.2) is 41.4 Å². The predicted molar refractivity (Wildman–Crippen MR) is 106 cm³/mol. The fourth-order valence-corrected chi connectivity index (χ4v) is 3.09. The quantitative estimate of drug-likeness (QED) is 0.635. The Morgan fingerprint density at radius 1 is 1.15 bits per heavy atom. The lowest BCUT2D eigenvalue weighted by molar-refractivity contribution is 0.140. The van der Waals surface area contributed by atoms with E-state index in [0.717, 1.165) is 35.6 Å². The Bertz CT molecular complexity index is 776. The summed E-state index contributed by atoms with van der Waals surface area (Å²) in [7, 11) is 0. The molecule has 2 aromatic rings. The molecule has 1 aliphatic heterocycles. The molecule has 138 valence electrons. The van der Waals surface area contributed by atoms with Gasteiger partial charge < -0.3 is 20.5 Å². The van der Waals surface area contributed by atoms with Crippen LogP contribution >= 0.6 is 0 Å². The van der Waals surface area contributed by atoms with Crippen molar-refractivity contribution in [1.29, 1.82) is 0 Å². The van der Waals surface area contributed by atoms with Gasteiger partial charge in [-0.05, 0) is 55.7 Å². The second-order valence-electron chi connectivity index (χ2n) is 6.92. The van der Waals surface area contributed by atoms with Crippen molar-refractivity contribution >= 4 is 11.6 Å². The zero-order valence-corrected chi connectivity index (χ0v) is 15.7. The lowest BCUT2D eigenvalue weighted by Crippen LogP contribution is -2.23. The summed E-state index contributed by atoms with van der Waals surface area (Å²) in [5, 5.41) is 3.16. The maximum absolute atomic E-state index is 6.11. The van der Waals surface area contributed by atoms with Gasteiger partial charge in [-0.15, -0.1) is 0 Å². The number of aliphatic imine (C=N–C) groups is 1. The van der Waals surface area contributed by atoms with Crippen LogP contribution in [0.25, 0.3) is 0 Å². The number of hydrogen-bond donors (Lipinski definition) is 2. The fraction of sp³-hybridized carbons (Fsp3) is 0.381. The largest absolute Gasteiger partial charge is 0.488 e. The van der Waals surface area contributed by atoms with Crippen LogP contribution in [0.2, 0.25) is 0 Å². The number of nitrogens with one attached hydrogen (secondary N) is 1. The molecule has 0 aliphatic carbocycles. The Labute approximate surface area is 155 Å². The van der Waals surface area contributed by atoms with E-state index in [1.165, 1.54) is 11.1 Å².